The summed E-state index contributed by atoms with van der Waals surface area (Å²) >= 11 is 0. The lowest BCUT2D eigenvalue weighted by Crippen LogP contribution is -2.02. The molecule has 0 saturated heterocycles. The summed E-state index contributed by atoms with van der Waals surface area (Å²) in [6.45, 7) is 6.58. The van der Waals surface area contributed by atoms with E-state index in [0.29, 0.717) is 12.2 Å². The SMILES string of the molecule is Cc1cc(Cn2c(C#N)cc3c(C)c(C)ccc32)no1. The van der Waals surface area contributed by atoms with Crippen LogP contribution < -0.4 is 0 Å². The fraction of sp³-hybridized carbons (Fsp3) is 0.250. The molecule has 0 N–H and O–H groups in total. The molecule has 0 radical (unpaired) electrons. The lowest BCUT2D eigenvalue weighted by molar-refractivity contribution is 0.389. The van der Waals surface area contributed by atoms with Gasteiger partial charge in [-0.05, 0) is 44.0 Å². The molecule has 4 heteroatoms. The normalized spacial score (nSPS) is 10.9. The van der Waals surface area contributed by atoms with Crippen LogP contribution in [0.3, 0.4) is 0 Å². The molecule has 0 aliphatic carbocycles. The zero-order chi connectivity index (χ0) is 14.3. The molecule has 0 atom stereocenters. The molecule has 3 rings (SSSR count). The molecule has 1 aromatic carbocycles. The Balaban J connectivity index is 2.19. The highest BCUT2D eigenvalue weighted by Gasteiger charge is 2.13. The molecule has 4 nitrogen and oxygen atoms in total. The first kappa shape index (κ1) is 12.5. The van der Waals surface area contributed by atoms with Crippen LogP contribution in [0.1, 0.15) is 28.3 Å². The molecular weight excluding hydrogens is 250 g/mol. The molecular formula is C16H15N3O. The van der Waals surface area contributed by atoms with Crippen LogP contribution in [0, 0.1) is 32.1 Å². The van der Waals surface area contributed by atoms with Gasteiger partial charge in [-0.3, -0.25) is 0 Å². The number of hydrogen-bond donors (Lipinski definition) is 0. The Hall–Kier alpha value is -2.54. The zero-order valence-corrected chi connectivity index (χ0v) is 11.8. The zero-order valence-electron chi connectivity index (χ0n) is 11.8. The lowest BCUT2D eigenvalue weighted by Gasteiger charge is -2.06. The van der Waals surface area contributed by atoms with Crippen LogP contribution in [-0.4, -0.2) is 9.72 Å². The third kappa shape index (κ3) is 1.88. The molecule has 0 bridgehead atoms. The van der Waals surface area contributed by atoms with Crippen LogP contribution >= 0.6 is 0 Å². The first-order chi connectivity index (χ1) is 9.60. The van der Waals surface area contributed by atoms with Crippen molar-refractivity contribution in [3.05, 3.63) is 52.5 Å². The second kappa shape index (κ2) is 4.53. The fourth-order valence-electron chi connectivity index (χ4n) is 2.50. The Labute approximate surface area is 117 Å². The predicted octanol–water partition coefficient (Wildman–Crippen LogP) is 3.47. The summed E-state index contributed by atoms with van der Waals surface area (Å²) < 4.78 is 7.08. The highest BCUT2D eigenvalue weighted by atomic mass is 16.5. The second-order valence-corrected chi connectivity index (χ2v) is 5.10. The van der Waals surface area contributed by atoms with E-state index in [4.69, 9.17) is 4.52 Å². The largest absolute Gasteiger partial charge is 0.361 e. The van der Waals surface area contributed by atoms with Gasteiger partial charge >= 0.3 is 0 Å². The van der Waals surface area contributed by atoms with Crippen molar-refractivity contribution >= 4 is 10.9 Å². The number of benzene rings is 1. The maximum Gasteiger partial charge on any atom is 0.133 e. The van der Waals surface area contributed by atoms with Crippen molar-refractivity contribution < 1.29 is 4.52 Å². The van der Waals surface area contributed by atoms with Crippen molar-refractivity contribution in [3.8, 4) is 6.07 Å². The quantitative estimate of drug-likeness (QED) is 0.712. The van der Waals surface area contributed by atoms with Gasteiger partial charge in [-0.2, -0.15) is 5.26 Å². The average molecular weight is 265 g/mol. The molecule has 0 saturated carbocycles. The van der Waals surface area contributed by atoms with E-state index >= 15 is 0 Å². The molecule has 0 spiro atoms. The van der Waals surface area contributed by atoms with Gasteiger partial charge in [0.25, 0.3) is 0 Å². The van der Waals surface area contributed by atoms with E-state index in [1.807, 2.05) is 23.6 Å². The van der Waals surface area contributed by atoms with Crippen LogP contribution in [0.25, 0.3) is 10.9 Å². The van der Waals surface area contributed by atoms with Gasteiger partial charge in [-0.15, -0.1) is 0 Å². The van der Waals surface area contributed by atoms with Gasteiger partial charge in [0.2, 0.25) is 0 Å². The lowest BCUT2D eigenvalue weighted by atomic mass is 10.1. The third-order valence-electron chi connectivity index (χ3n) is 3.74. The van der Waals surface area contributed by atoms with Crippen LogP contribution in [0.5, 0.6) is 0 Å². The van der Waals surface area contributed by atoms with Crippen molar-refractivity contribution in [1.82, 2.24) is 9.72 Å². The number of rotatable bonds is 2. The number of hydrogen-bond acceptors (Lipinski definition) is 3. The number of nitrogens with zero attached hydrogens (tertiary/aromatic N) is 3. The summed E-state index contributed by atoms with van der Waals surface area (Å²) in [5.74, 6) is 0.780. The van der Waals surface area contributed by atoms with Gasteiger partial charge in [0.1, 0.15) is 23.2 Å². The Bertz CT molecular complexity index is 833. The van der Waals surface area contributed by atoms with Crippen molar-refractivity contribution in [2.24, 2.45) is 0 Å². The van der Waals surface area contributed by atoms with Crippen molar-refractivity contribution in [1.29, 1.82) is 5.26 Å². The van der Waals surface area contributed by atoms with E-state index in [9.17, 15) is 5.26 Å². The first-order valence-electron chi connectivity index (χ1n) is 6.52. The number of fused-ring (bicyclic) bond motifs is 1. The molecule has 3 aromatic rings. The van der Waals surface area contributed by atoms with E-state index in [-0.39, 0.29) is 0 Å². The molecule has 2 heterocycles. The van der Waals surface area contributed by atoms with Gasteiger partial charge in [-0.25, -0.2) is 0 Å². The molecule has 0 aliphatic rings. The van der Waals surface area contributed by atoms with Crippen LogP contribution in [-0.2, 0) is 6.54 Å². The molecule has 100 valence electrons. The molecule has 0 unspecified atom stereocenters. The maximum absolute atomic E-state index is 9.35. The smallest absolute Gasteiger partial charge is 0.133 e. The summed E-state index contributed by atoms with van der Waals surface area (Å²) in [7, 11) is 0. The van der Waals surface area contributed by atoms with Gasteiger partial charge in [0.05, 0.1) is 6.54 Å². The summed E-state index contributed by atoms with van der Waals surface area (Å²) in [6.07, 6.45) is 0. The van der Waals surface area contributed by atoms with E-state index in [1.54, 1.807) is 0 Å². The van der Waals surface area contributed by atoms with Crippen molar-refractivity contribution in [2.45, 2.75) is 27.3 Å². The van der Waals surface area contributed by atoms with Gasteiger partial charge in [0.15, 0.2) is 0 Å². The van der Waals surface area contributed by atoms with Crippen molar-refractivity contribution in [3.63, 3.8) is 0 Å². The molecule has 20 heavy (non-hydrogen) atoms. The monoisotopic (exact) mass is 265 g/mol. The molecule has 0 aliphatic heterocycles. The van der Waals surface area contributed by atoms with Crippen LogP contribution in [0.15, 0.2) is 28.8 Å². The molecule has 0 amide bonds. The summed E-state index contributed by atoms with van der Waals surface area (Å²) in [4.78, 5) is 0. The second-order valence-electron chi connectivity index (χ2n) is 5.10. The Morgan fingerprint density at radius 2 is 2.05 bits per heavy atom. The maximum atomic E-state index is 9.35. The number of aromatic nitrogens is 2. The van der Waals surface area contributed by atoms with Gasteiger partial charge < -0.3 is 9.09 Å². The van der Waals surface area contributed by atoms with E-state index in [1.165, 1.54) is 11.1 Å². The Morgan fingerprint density at radius 3 is 2.70 bits per heavy atom. The topological polar surface area (TPSA) is 54.8 Å². The van der Waals surface area contributed by atoms with Gasteiger partial charge in [-0.1, -0.05) is 11.2 Å². The van der Waals surface area contributed by atoms with E-state index in [0.717, 1.165) is 22.4 Å². The summed E-state index contributed by atoms with van der Waals surface area (Å²) in [5.41, 5.74) is 4.99. The summed E-state index contributed by atoms with van der Waals surface area (Å²) in [6, 6.07) is 10.3. The molecule has 2 aromatic heterocycles. The fourth-order valence-corrected chi connectivity index (χ4v) is 2.50. The predicted molar refractivity (Wildman–Crippen MR) is 76.5 cm³/mol. The third-order valence-corrected chi connectivity index (χ3v) is 3.74. The molecule has 0 fully saturated rings. The highest BCUT2D eigenvalue weighted by Crippen LogP contribution is 2.26. The van der Waals surface area contributed by atoms with Gasteiger partial charge in [0, 0.05) is 17.0 Å². The average Bonchev–Trinajstić information content (AvgIpc) is 2.99. The van der Waals surface area contributed by atoms with Crippen molar-refractivity contribution in [2.75, 3.05) is 0 Å². The van der Waals surface area contributed by atoms with E-state index in [2.05, 4.69) is 37.2 Å². The number of nitriles is 1. The van der Waals surface area contributed by atoms with Crippen LogP contribution in [0.4, 0.5) is 0 Å². The van der Waals surface area contributed by atoms with E-state index < -0.39 is 0 Å². The Kier molecular flexibility index (Phi) is 2.83. The van der Waals surface area contributed by atoms with Crippen LogP contribution in [0.2, 0.25) is 0 Å². The minimum Gasteiger partial charge on any atom is -0.361 e. The standard InChI is InChI=1S/C16H15N3O/c1-10-4-5-16-15(12(10)3)7-14(8-17)19(16)9-13-6-11(2)20-18-13/h4-7H,9H2,1-3H3. The first-order valence-corrected chi connectivity index (χ1v) is 6.52. The minimum atomic E-state index is 0.548. The number of aryl methyl sites for hydroxylation is 3. The Morgan fingerprint density at radius 1 is 1.25 bits per heavy atom. The highest BCUT2D eigenvalue weighted by molar-refractivity contribution is 5.86. The summed E-state index contributed by atoms with van der Waals surface area (Å²) in [5, 5.41) is 14.5. The minimum absolute atomic E-state index is 0.548.